The molecule has 0 nitrogen and oxygen atoms in total. The van der Waals surface area contributed by atoms with Crippen molar-refractivity contribution in [3.63, 3.8) is 0 Å². The third kappa shape index (κ3) is 9.40. The first-order valence-corrected chi connectivity index (χ1v) is 0. The van der Waals surface area contributed by atoms with Crippen LogP contribution in [0.15, 0.2) is 0 Å². The molecule has 0 aliphatic heterocycles. The minimum atomic E-state index is 0. The standard InChI is InChI=1S/Cu.Ni.H3P.H4Si/h;;1H3;1H4. The fourth-order valence-electron chi connectivity index (χ4n) is 0. The second kappa shape index (κ2) is 22.7. The van der Waals surface area contributed by atoms with E-state index in [9.17, 15) is 0 Å². The summed E-state index contributed by atoms with van der Waals surface area (Å²) in [6.07, 6.45) is 0. The summed E-state index contributed by atoms with van der Waals surface area (Å²) in [4.78, 5) is 0. The van der Waals surface area contributed by atoms with Gasteiger partial charge in [0.2, 0.25) is 0 Å². The molecule has 0 saturated heterocycles. The van der Waals surface area contributed by atoms with Crippen molar-refractivity contribution in [2.45, 2.75) is 0 Å². The summed E-state index contributed by atoms with van der Waals surface area (Å²) < 4.78 is 0. The van der Waals surface area contributed by atoms with Crippen LogP contribution >= 0.6 is 9.90 Å². The van der Waals surface area contributed by atoms with Crippen LogP contribution in [0.2, 0.25) is 0 Å². The van der Waals surface area contributed by atoms with E-state index in [0.717, 1.165) is 0 Å². The fraction of sp³-hybridized carbons (Fsp3) is 0. The smallest absolute Gasteiger partial charge is 0 e. The molecule has 0 heterocycles. The Balaban J connectivity index is 0. The van der Waals surface area contributed by atoms with Crippen molar-refractivity contribution in [3.8, 4) is 0 Å². The van der Waals surface area contributed by atoms with Gasteiger partial charge in [0.1, 0.15) is 0 Å². The van der Waals surface area contributed by atoms with Gasteiger partial charge in [-0.2, -0.15) is 9.90 Å². The molecule has 0 aliphatic carbocycles. The molecule has 0 bridgehead atoms. The monoisotopic (exact) mass is 187 g/mol. The Labute approximate surface area is 54.5 Å². The number of rotatable bonds is 0. The zero-order chi connectivity index (χ0) is 0. The SMILES string of the molecule is P.[Cu].[Ni].[SiH4]. The van der Waals surface area contributed by atoms with Crippen LogP contribution < -0.4 is 0 Å². The van der Waals surface area contributed by atoms with Gasteiger partial charge in [0.05, 0.1) is 0 Å². The first-order chi connectivity index (χ1) is 0. The Kier molecular flexibility index (Phi) is 253. The van der Waals surface area contributed by atoms with E-state index < -0.39 is 0 Å². The van der Waals surface area contributed by atoms with E-state index in [2.05, 4.69) is 0 Å². The maximum absolute atomic E-state index is 0. The van der Waals surface area contributed by atoms with Crippen molar-refractivity contribution in [1.82, 2.24) is 0 Å². The summed E-state index contributed by atoms with van der Waals surface area (Å²) in [5.74, 6) is 0. The molecule has 0 aromatic heterocycles. The van der Waals surface area contributed by atoms with Gasteiger partial charge in [-0.15, -0.1) is 0 Å². The van der Waals surface area contributed by atoms with E-state index in [1.165, 1.54) is 0 Å². The summed E-state index contributed by atoms with van der Waals surface area (Å²) in [5.41, 5.74) is 0. The zero-order valence-electron chi connectivity index (χ0n) is 1.32. The molecule has 1 atom stereocenters. The van der Waals surface area contributed by atoms with E-state index in [1.54, 1.807) is 0 Å². The van der Waals surface area contributed by atoms with E-state index in [1.807, 2.05) is 0 Å². The van der Waals surface area contributed by atoms with Crippen LogP contribution in [0.4, 0.5) is 0 Å². The predicted octanol–water partition coefficient (Wildman–Crippen LogP) is -1.40. The fourth-order valence-corrected chi connectivity index (χ4v) is 0. The average Bonchev–Trinajstić information content (AvgIpc) is 0. The average molecular weight is 188 g/mol. The van der Waals surface area contributed by atoms with E-state index in [4.69, 9.17) is 0 Å². The Morgan fingerprint density at radius 1 is 1.00 bits per heavy atom. The summed E-state index contributed by atoms with van der Waals surface area (Å²) >= 11 is 0. The molecular formula is H7CuNiPSi. The van der Waals surface area contributed by atoms with Crippen molar-refractivity contribution < 1.29 is 33.6 Å². The van der Waals surface area contributed by atoms with Crippen LogP contribution in [0.3, 0.4) is 0 Å². The van der Waals surface area contributed by atoms with Crippen LogP contribution in [0.1, 0.15) is 0 Å². The summed E-state index contributed by atoms with van der Waals surface area (Å²) in [6.45, 7) is 0. The molecule has 4 heavy (non-hydrogen) atoms. The Morgan fingerprint density at radius 3 is 1.00 bits per heavy atom. The van der Waals surface area contributed by atoms with Crippen LogP contribution in [0.5, 0.6) is 0 Å². The predicted molar refractivity (Wildman–Crippen MR) is 22.4 cm³/mol. The second-order valence-electron chi connectivity index (χ2n) is 0. The van der Waals surface area contributed by atoms with Crippen LogP contribution in [-0.4, -0.2) is 11.0 Å². The minimum absolute atomic E-state index is 0. The minimum Gasteiger partial charge on any atom is -0.153 e. The molecule has 0 fully saturated rings. The zero-order valence-corrected chi connectivity index (χ0v) is 4.67. The van der Waals surface area contributed by atoms with Gasteiger partial charge in [0, 0.05) is 33.6 Å². The molecule has 0 aromatic carbocycles. The quantitative estimate of drug-likeness (QED) is 0.324. The largest absolute Gasteiger partial charge is 0.153 e. The Bertz CT molecular complexity index is 8.00. The summed E-state index contributed by atoms with van der Waals surface area (Å²) in [6, 6.07) is 0. The van der Waals surface area contributed by atoms with Gasteiger partial charge in [-0.1, -0.05) is 0 Å². The Hall–Kier alpha value is 1.66. The summed E-state index contributed by atoms with van der Waals surface area (Å²) in [5, 5.41) is 0. The van der Waals surface area contributed by atoms with Gasteiger partial charge in [-0.3, -0.25) is 0 Å². The van der Waals surface area contributed by atoms with Crippen molar-refractivity contribution in [2.75, 3.05) is 0 Å². The molecule has 0 N–H and O–H groups in total. The molecule has 4 heteroatoms. The molecule has 1 unspecified atom stereocenters. The van der Waals surface area contributed by atoms with Crippen molar-refractivity contribution >= 4 is 20.9 Å². The molecule has 0 amide bonds. The maximum atomic E-state index is 0. The van der Waals surface area contributed by atoms with E-state index in [-0.39, 0.29) is 54.4 Å². The molecule has 0 saturated carbocycles. The van der Waals surface area contributed by atoms with Gasteiger partial charge >= 0.3 is 0 Å². The van der Waals surface area contributed by atoms with E-state index >= 15 is 0 Å². The first kappa shape index (κ1) is 44.6. The molecule has 0 aromatic rings. The Morgan fingerprint density at radius 2 is 1.00 bits per heavy atom. The van der Waals surface area contributed by atoms with Crippen molar-refractivity contribution in [1.29, 1.82) is 0 Å². The van der Waals surface area contributed by atoms with Gasteiger partial charge in [-0.05, 0) is 11.0 Å². The maximum Gasteiger partial charge on any atom is 0 e. The van der Waals surface area contributed by atoms with E-state index in [0.29, 0.717) is 0 Å². The van der Waals surface area contributed by atoms with Crippen molar-refractivity contribution in [3.05, 3.63) is 0 Å². The van der Waals surface area contributed by atoms with Crippen molar-refractivity contribution in [2.24, 2.45) is 0 Å². The van der Waals surface area contributed by atoms with Gasteiger partial charge in [0.15, 0.2) is 0 Å². The number of hydrogen-bond acceptors (Lipinski definition) is 0. The molecule has 1 radical (unpaired) electrons. The molecule has 0 spiro atoms. The van der Waals surface area contributed by atoms with Gasteiger partial charge < -0.3 is 0 Å². The topological polar surface area (TPSA) is 0 Å². The third-order valence-electron chi connectivity index (χ3n) is 0. The van der Waals surface area contributed by atoms with Crippen LogP contribution in [0.25, 0.3) is 0 Å². The van der Waals surface area contributed by atoms with Crippen LogP contribution in [0, 0.1) is 0 Å². The third-order valence-corrected chi connectivity index (χ3v) is 0. The molecule has 37 valence electrons. The van der Waals surface area contributed by atoms with Crippen LogP contribution in [-0.2, 0) is 33.6 Å². The molecule has 0 rings (SSSR count). The van der Waals surface area contributed by atoms with Gasteiger partial charge in [-0.25, -0.2) is 0 Å². The number of hydrogen-bond donors (Lipinski definition) is 0. The normalized spacial score (nSPS) is 0. The molecular weight excluding hydrogens is 181 g/mol. The first-order valence-electron chi connectivity index (χ1n) is 0. The molecule has 0 aliphatic rings. The van der Waals surface area contributed by atoms with Gasteiger partial charge in [0.25, 0.3) is 0 Å². The summed E-state index contributed by atoms with van der Waals surface area (Å²) in [7, 11) is 0. The second-order valence-corrected chi connectivity index (χ2v) is 0.